The van der Waals surface area contributed by atoms with E-state index in [0.717, 1.165) is 34.2 Å². The number of halogens is 4. The quantitative estimate of drug-likeness (QED) is 0.108. The number of ether oxygens (including phenoxy) is 2. The highest BCUT2D eigenvalue weighted by Crippen LogP contribution is 2.44. The largest absolute Gasteiger partial charge is 0.481 e. The van der Waals surface area contributed by atoms with E-state index in [4.69, 9.17) is 31.2 Å². The van der Waals surface area contributed by atoms with Gasteiger partial charge in [0, 0.05) is 55.3 Å². The zero-order chi connectivity index (χ0) is 38.6. The van der Waals surface area contributed by atoms with Crippen LogP contribution >= 0.6 is 11.6 Å². The van der Waals surface area contributed by atoms with E-state index < -0.39 is 29.7 Å². The van der Waals surface area contributed by atoms with Gasteiger partial charge in [0.2, 0.25) is 17.7 Å². The fourth-order valence-corrected chi connectivity index (χ4v) is 7.27. The van der Waals surface area contributed by atoms with Crippen LogP contribution in [-0.2, 0) is 35.3 Å². The molecule has 1 aliphatic heterocycles. The molecule has 0 saturated carbocycles. The first-order valence-electron chi connectivity index (χ1n) is 17.5. The number of nitrogens with zero attached hydrogens (tertiary/aromatic N) is 4. The van der Waals surface area contributed by atoms with Crippen LogP contribution in [0.3, 0.4) is 0 Å². The fourth-order valence-electron chi connectivity index (χ4n) is 6.94. The Morgan fingerprint density at radius 1 is 1.00 bits per heavy atom. The summed E-state index contributed by atoms with van der Waals surface area (Å²) >= 11 is 7.11. The third-order valence-corrected chi connectivity index (χ3v) is 10.00. The van der Waals surface area contributed by atoms with Gasteiger partial charge in [-0.25, -0.2) is 9.97 Å². The Bertz CT molecular complexity index is 2030. The molecule has 1 amide bonds. The molecule has 286 valence electrons. The minimum absolute atomic E-state index is 0.0547. The van der Waals surface area contributed by atoms with Crippen LogP contribution in [0.25, 0.3) is 22.4 Å². The lowest BCUT2D eigenvalue weighted by molar-refractivity contribution is -0.141. The molecule has 16 heteroatoms. The number of anilines is 1. The van der Waals surface area contributed by atoms with Crippen LogP contribution in [0.2, 0.25) is 5.02 Å². The molecule has 3 heterocycles. The first kappa shape index (κ1) is 38.7. The minimum atomic E-state index is -4.83. The molecule has 2 aromatic carbocycles. The van der Waals surface area contributed by atoms with Crippen LogP contribution in [0.15, 0.2) is 48.5 Å². The summed E-state index contributed by atoms with van der Waals surface area (Å²) in [5, 5.41) is 18.8. The molecule has 54 heavy (non-hydrogen) atoms. The van der Waals surface area contributed by atoms with Gasteiger partial charge >= 0.3 is 12.1 Å². The summed E-state index contributed by atoms with van der Waals surface area (Å²) in [7, 11) is 4.44. The molecule has 6 rings (SSSR count). The van der Waals surface area contributed by atoms with Crippen LogP contribution in [0.4, 0.5) is 19.0 Å². The molecule has 1 aliphatic carbocycles. The lowest BCUT2D eigenvalue weighted by Crippen LogP contribution is -2.35. The molecule has 2 atom stereocenters. The highest BCUT2D eigenvalue weighted by molar-refractivity contribution is 6.36. The van der Waals surface area contributed by atoms with Gasteiger partial charge < -0.3 is 30.5 Å². The van der Waals surface area contributed by atoms with Crippen molar-refractivity contribution < 1.29 is 37.3 Å². The topological polar surface area (TPSA) is 151 Å². The summed E-state index contributed by atoms with van der Waals surface area (Å²) < 4.78 is 54.2. The number of fused-ring (bicyclic) bond motifs is 1. The number of hydrogen-bond donors (Lipinski definition) is 4. The molecule has 0 radical (unpaired) electrons. The predicted octanol–water partition coefficient (Wildman–Crippen LogP) is 6.27. The molecular formula is C38H41ClF3N7O5. The number of aromatic nitrogens is 3. The molecule has 2 aromatic heterocycles. The number of carboxylic acids is 1. The lowest BCUT2D eigenvalue weighted by atomic mass is 9.94. The Morgan fingerprint density at radius 2 is 1.74 bits per heavy atom. The molecule has 0 spiro atoms. The van der Waals surface area contributed by atoms with Crippen molar-refractivity contribution >= 4 is 29.3 Å². The zero-order valence-electron chi connectivity index (χ0n) is 30.0. The van der Waals surface area contributed by atoms with Gasteiger partial charge in [0.25, 0.3) is 0 Å². The molecule has 4 N–H and O–H groups in total. The fraction of sp³-hybridized carbons (Fsp3) is 0.395. The van der Waals surface area contributed by atoms with Gasteiger partial charge in [-0.3, -0.25) is 14.5 Å². The number of rotatable bonds is 15. The van der Waals surface area contributed by atoms with Crippen molar-refractivity contribution in [2.75, 3.05) is 39.7 Å². The number of carbonyl (C=O) groups excluding carboxylic acids is 1. The van der Waals surface area contributed by atoms with Crippen LogP contribution < -0.4 is 25.4 Å². The first-order valence-corrected chi connectivity index (χ1v) is 17.9. The van der Waals surface area contributed by atoms with E-state index in [2.05, 4.69) is 25.9 Å². The van der Waals surface area contributed by atoms with Crippen LogP contribution in [0.1, 0.15) is 59.8 Å². The number of pyridine rings is 1. The van der Waals surface area contributed by atoms with Crippen LogP contribution in [0.5, 0.6) is 11.8 Å². The monoisotopic (exact) mass is 767 g/mol. The van der Waals surface area contributed by atoms with E-state index in [-0.39, 0.29) is 43.0 Å². The van der Waals surface area contributed by atoms with Gasteiger partial charge in [0.15, 0.2) is 11.5 Å². The molecule has 4 aromatic rings. The summed E-state index contributed by atoms with van der Waals surface area (Å²) in [6.07, 6.45) is -2.61. The molecule has 0 bridgehead atoms. The zero-order valence-corrected chi connectivity index (χ0v) is 30.8. The number of hydrogen-bond acceptors (Lipinski definition) is 10. The highest BCUT2D eigenvalue weighted by Gasteiger charge is 2.39. The molecule has 0 unspecified atom stereocenters. The summed E-state index contributed by atoms with van der Waals surface area (Å²) in [6, 6.07) is 14.7. The van der Waals surface area contributed by atoms with Crippen molar-refractivity contribution in [1.82, 2.24) is 30.5 Å². The van der Waals surface area contributed by atoms with E-state index in [1.807, 2.05) is 48.5 Å². The van der Waals surface area contributed by atoms with Crippen molar-refractivity contribution in [3.63, 3.8) is 0 Å². The second-order valence-corrected chi connectivity index (χ2v) is 13.7. The van der Waals surface area contributed by atoms with Gasteiger partial charge in [-0.05, 0) is 49.1 Å². The van der Waals surface area contributed by atoms with E-state index in [0.29, 0.717) is 54.5 Å². The minimum Gasteiger partial charge on any atom is -0.481 e. The average Bonchev–Trinajstić information content (AvgIpc) is 3.76. The number of carbonyl (C=O) groups is 2. The van der Waals surface area contributed by atoms with Crippen LogP contribution in [-0.4, -0.2) is 77.2 Å². The standard InChI is InChI=1S/C38H41ClF3N7O5/c1-49(17-16-32(51)52)20-30-37(54-3)48-35(34(45-30)38(40,41)42)46-28-14-12-24-23(6-4-7-25(24)28)26-8-5-9-27(33(26)39)29-13-10-21(36(47-29)53-2)18-43-19-22-11-15-31(50)44-22/h4-10,13,22,28,43H,11-12,14-20H2,1-3H3,(H,44,50)(H,46,48)(H,51,52)/t22-,28-/m0/s1. The Hall–Kier alpha value is -4.99. The molecule has 2 aliphatic rings. The van der Waals surface area contributed by atoms with Crippen LogP contribution in [0, 0.1) is 0 Å². The van der Waals surface area contributed by atoms with E-state index in [9.17, 15) is 22.8 Å². The lowest BCUT2D eigenvalue weighted by Gasteiger charge is -2.22. The highest BCUT2D eigenvalue weighted by atomic mass is 35.5. The Kier molecular flexibility index (Phi) is 11.9. The molecule has 1 fully saturated rings. The number of carboxylic acid groups (broad SMARTS) is 1. The number of alkyl halides is 3. The van der Waals surface area contributed by atoms with Crippen molar-refractivity contribution in [2.24, 2.45) is 0 Å². The van der Waals surface area contributed by atoms with Crippen molar-refractivity contribution in [2.45, 2.75) is 63.5 Å². The number of aliphatic carboxylic acids is 1. The van der Waals surface area contributed by atoms with Gasteiger partial charge in [-0.2, -0.15) is 18.2 Å². The molecule has 12 nitrogen and oxygen atoms in total. The Labute approximate surface area is 315 Å². The van der Waals surface area contributed by atoms with E-state index in [1.54, 1.807) is 19.1 Å². The third kappa shape index (κ3) is 8.69. The first-order chi connectivity index (χ1) is 25.9. The van der Waals surface area contributed by atoms with E-state index in [1.165, 1.54) is 7.11 Å². The number of nitrogens with one attached hydrogen (secondary N) is 3. The second-order valence-electron chi connectivity index (χ2n) is 13.3. The van der Waals surface area contributed by atoms with Crippen molar-refractivity contribution in [1.29, 1.82) is 0 Å². The van der Waals surface area contributed by atoms with Gasteiger partial charge in [0.05, 0.1) is 37.4 Å². The van der Waals surface area contributed by atoms with Gasteiger partial charge in [0.1, 0.15) is 5.69 Å². The SMILES string of the molecule is COc1nc(-c2cccc(-c3cccc4c3CC[C@@H]4Nc3nc(OC)c(CN(C)CCC(=O)O)nc3C(F)(F)F)c2Cl)ccc1CNC[C@@H]1CCC(=O)N1. The smallest absolute Gasteiger partial charge is 0.437 e. The van der Waals surface area contributed by atoms with Gasteiger partial charge in [-0.1, -0.05) is 54.1 Å². The third-order valence-electron chi connectivity index (χ3n) is 9.59. The summed E-state index contributed by atoms with van der Waals surface area (Å²) in [5.41, 5.74) is 4.29. The second kappa shape index (κ2) is 16.6. The predicted molar refractivity (Wildman–Crippen MR) is 196 cm³/mol. The van der Waals surface area contributed by atoms with E-state index >= 15 is 0 Å². The average molecular weight is 768 g/mol. The Morgan fingerprint density at radius 3 is 2.44 bits per heavy atom. The summed E-state index contributed by atoms with van der Waals surface area (Å²) in [5.74, 6) is -1.05. The maximum absolute atomic E-state index is 14.4. The maximum Gasteiger partial charge on any atom is 0.437 e. The molecular weight excluding hydrogens is 727 g/mol. The number of amides is 1. The van der Waals surface area contributed by atoms with Gasteiger partial charge in [-0.15, -0.1) is 0 Å². The number of methoxy groups -OCH3 is 2. The summed E-state index contributed by atoms with van der Waals surface area (Å²) in [6.45, 7) is 1.15. The summed E-state index contributed by atoms with van der Waals surface area (Å²) in [4.78, 5) is 37.0. The normalized spacial score (nSPS) is 16.7. The molecule has 1 saturated heterocycles. The number of benzene rings is 2. The van der Waals surface area contributed by atoms with Crippen molar-refractivity contribution in [3.05, 3.63) is 81.6 Å². The Balaban J connectivity index is 1.24. The maximum atomic E-state index is 14.4. The van der Waals surface area contributed by atoms with Crippen molar-refractivity contribution in [3.8, 4) is 34.1 Å².